The molecule has 2 amide bonds. The van der Waals surface area contributed by atoms with Crippen molar-refractivity contribution in [2.45, 2.75) is 52.7 Å². The second-order valence-corrected chi connectivity index (χ2v) is 21.4. The fraction of sp³-hybridized carbons (Fsp3) is 0.267. The quantitative estimate of drug-likeness (QED) is 0.0718. The lowest BCUT2D eigenvalue weighted by Gasteiger charge is -2.36. The number of amides is 2. The number of carbonyl (C=O) groups excluding carboxylic acids is 2. The zero-order valence-electron chi connectivity index (χ0n) is 46.9. The van der Waals surface area contributed by atoms with Crippen LogP contribution in [0.3, 0.4) is 0 Å². The average molecular weight is 1190 g/mol. The van der Waals surface area contributed by atoms with Crippen molar-refractivity contribution < 1.29 is 52.4 Å². The molecule has 21 nitrogen and oxygen atoms in total. The van der Waals surface area contributed by atoms with Crippen molar-refractivity contribution in [1.82, 2.24) is 9.80 Å². The molecule has 7 aromatic carbocycles. The van der Waals surface area contributed by atoms with Gasteiger partial charge in [-0.2, -0.15) is 4.39 Å². The number of hydrogen-bond acceptors (Lipinski definition) is 16. The Morgan fingerprint density at radius 1 is 0.464 bits per heavy atom. The molecule has 2 fully saturated rings. The Bertz CT molecular complexity index is 3360. The summed E-state index contributed by atoms with van der Waals surface area (Å²) in [5.74, 6) is 1.84. The Morgan fingerprint density at radius 3 is 1.18 bits per heavy atom. The SMILES string of the molecule is CC(C)(C)OC(=O)N1CCN(c2ccc(N)c(Oc3ccccc3)c2)CC1.CC(C)(C)OC(=O)N1CCN(c2ccc([N+](=O)[O-])c(Oc3ccccc3)c2)CC1.O=[N+]([O-])c1ccc(Cl)cc1F.O=[N+]([O-])c1ccc(Cl)cc1Oc1ccccc1. The molecular weight excluding hydrogens is 1130 g/mol. The summed E-state index contributed by atoms with van der Waals surface area (Å²) >= 11 is 11.1. The first-order valence-corrected chi connectivity index (χ1v) is 26.9. The molecule has 0 aliphatic carbocycles. The summed E-state index contributed by atoms with van der Waals surface area (Å²) in [5.41, 5.74) is 6.73. The van der Waals surface area contributed by atoms with Crippen molar-refractivity contribution in [2.24, 2.45) is 0 Å². The Labute approximate surface area is 494 Å². The molecule has 24 heteroatoms. The lowest BCUT2D eigenvalue weighted by molar-refractivity contribution is -0.387. The van der Waals surface area contributed by atoms with Gasteiger partial charge in [0.15, 0.2) is 5.75 Å². The molecule has 2 heterocycles. The van der Waals surface area contributed by atoms with E-state index < -0.39 is 37.5 Å². The van der Waals surface area contributed by atoms with E-state index in [-0.39, 0.29) is 40.1 Å². The molecule has 84 heavy (non-hydrogen) atoms. The van der Waals surface area contributed by atoms with Crippen LogP contribution < -0.4 is 29.7 Å². The van der Waals surface area contributed by atoms with Crippen molar-refractivity contribution in [3.63, 3.8) is 0 Å². The fourth-order valence-corrected chi connectivity index (χ4v) is 8.20. The predicted molar refractivity (Wildman–Crippen MR) is 320 cm³/mol. The first-order chi connectivity index (χ1) is 39.8. The van der Waals surface area contributed by atoms with Crippen molar-refractivity contribution in [3.05, 3.63) is 210 Å². The minimum Gasteiger partial charge on any atom is -0.455 e. The number of benzene rings is 7. The van der Waals surface area contributed by atoms with Crippen LogP contribution in [0.15, 0.2) is 164 Å². The zero-order chi connectivity index (χ0) is 61.1. The van der Waals surface area contributed by atoms with Crippen LogP contribution in [-0.2, 0) is 9.47 Å². The lowest BCUT2D eigenvalue weighted by atomic mass is 10.2. The molecule has 0 radical (unpaired) electrons. The molecule has 0 atom stereocenters. The molecule has 0 unspecified atom stereocenters. The minimum absolute atomic E-state index is 0.0926. The Hall–Kier alpha value is -9.41. The smallest absolute Gasteiger partial charge is 0.410 e. The number of rotatable bonds is 11. The second-order valence-electron chi connectivity index (χ2n) is 20.5. The first kappa shape index (κ1) is 63.8. The third-order valence-corrected chi connectivity index (χ3v) is 12.3. The third kappa shape index (κ3) is 19.9. The topological polar surface area (TPSA) is 249 Å². The number of anilines is 3. The van der Waals surface area contributed by atoms with Gasteiger partial charge in [-0.25, -0.2) is 9.59 Å². The first-order valence-electron chi connectivity index (χ1n) is 26.2. The van der Waals surface area contributed by atoms with Crippen LogP contribution >= 0.6 is 23.2 Å². The molecule has 0 aromatic heterocycles. The predicted octanol–water partition coefficient (Wildman–Crippen LogP) is 15.0. The number of piperazine rings is 2. The molecule has 0 saturated carbocycles. The van der Waals surface area contributed by atoms with Crippen LogP contribution in [-0.4, -0.2) is 100 Å². The van der Waals surface area contributed by atoms with Gasteiger partial charge in [0.1, 0.15) is 28.5 Å². The van der Waals surface area contributed by atoms with E-state index in [4.69, 9.17) is 52.6 Å². The van der Waals surface area contributed by atoms with E-state index in [0.717, 1.165) is 42.3 Å². The summed E-state index contributed by atoms with van der Waals surface area (Å²) in [6, 6.07) is 45.4. The van der Waals surface area contributed by atoms with Gasteiger partial charge in [0.2, 0.25) is 17.3 Å². The molecule has 0 bridgehead atoms. The van der Waals surface area contributed by atoms with E-state index in [1.165, 1.54) is 30.3 Å². The largest absolute Gasteiger partial charge is 0.455 e. The highest BCUT2D eigenvalue weighted by molar-refractivity contribution is 6.31. The normalized spacial score (nSPS) is 13.0. The van der Waals surface area contributed by atoms with Crippen LogP contribution in [0, 0.1) is 36.2 Å². The van der Waals surface area contributed by atoms with Gasteiger partial charge in [0.05, 0.1) is 20.5 Å². The van der Waals surface area contributed by atoms with E-state index in [1.807, 2.05) is 102 Å². The lowest BCUT2D eigenvalue weighted by Crippen LogP contribution is -2.50. The van der Waals surface area contributed by atoms with Crippen molar-refractivity contribution in [1.29, 1.82) is 0 Å². The number of halogens is 3. The zero-order valence-corrected chi connectivity index (χ0v) is 48.4. The maximum atomic E-state index is 12.6. The van der Waals surface area contributed by atoms with Gasteiger partial charge in [-0.05, 0) is 114 Å². The van der Waals surface area contributed by atoms with Crippen LogP contribution in [0.4, 0.5) is 48.1 Å². The van der Waals surface area contributed by atoms with Gasteiger partial charge >= 0.3 is 29.2 Å². The van der Waals surface area contributed by atoms with Gasteiger partial charge in [0, 0.05) is 110 Å². The minimum atomic E-state index is -0.914. The highest BCUT2D eigenvalue weighted by Crippen LogP contribution is 2.37. The number of para-hydroxylation sites is 3. The van der Waals surface area contributed by atoms with Crippen LogP contribution in [0.25, 0.3) is 0 Å². The molecule has 2 aliphatic rings. The van der Waals surface area contributed by atoms with E-state index >= 15 is 0 Å². The number of nitrogens with two attached hydrogens (primary N) is 1. The third-order valence-electron chi connectivity index (χ3n) is 11.9. The van der Waals surface area contributed by atoms with Gasteiger partial charge in [-0.3, -0.25) is 30.3 Å². The average Bonchev–Trinajstić information content (AvgIpc) is 3.64. The number of nitro benzene ring substituents is 3. The van der Waals surface area contributed by atoms with E-state index in [9.17, 15) is 44.3 Å². The van der Waals surface area contributed by atoms with Gasteiger partial charge in [-0.15, -0.1) is 0 Å². The fourth-order valence-electron chi connectivity index (χ4n) is 7.88. The summed E-state index contributed by atoms with van der Waals surface area (Å²) < 4.78 is 40.6. The van der Waals surface area contributed by atoms with Crippen molar-refractivity contribution in [3.8, 4) is 34.5 Å². The van der Waals surface area contributed by atoms with Gasteiger partial charge in [0.25, 0.3) is 0 Å². The molecule has 0 spiro atoms. The summed E-state index contributed by atoms with van der Waals surface area (Å²) in [4.78, 5) is 62.6. The summed E-state index contributed by atoms with van der Waals surface area (Å²) in [6.07, 6.45) is -0.582. The van der Waals surface area contributed by atoms with Gasteiger partial charge < -0.3 is 49.0 Å². The molecule has 442 valence electrons. The number of nitro groups is 3. The number of carbonyl (C=O) groups is 2. The van der Waals surface area contributed by atoms with Crippen molar-refractivity contribution >= 4 is 69.5 Å². The van der Waals surface area contributed by atoms with Crippen LogP contribution in [0.2, 0.25) is 10.0 Å². The van der Waals surface area contributed by atoms with Gasteiger partial charge in [-0.1, -0.05) is 77.8 Å². The highest BCUT2D eigenvalue weighted by Gasteiger charge is 2.29. The maximum Gasteiger partial charge on any atom is 0.410 e. The highest BCUT2D eigenvalue weighted by atomic mass is 35.5. The monoisotopic (exact) mass is 1190 g/mol. The molecule has 7 aromatic rings. The van der Waals surface area contributed by atoms with E-state index in [1.54, 1.807) is 70.5 Å². The number of nitrogens with zero attached hydrogens (tertiary/aromatic N) is 7. The number of hydrogen-bond donors (Lipinski definition) is 1. The summed E-state index contributed by atoms with van der Waals surface area (Å²) in [7, 11) is 0. The molecular formula is C60H63Cl2FN8O13. The molecule has 2 N–H and O–H groups in total. The maximum absolute atomic E-state index is 12.6. The molecule has 2 saturated heterocycles. The second kappa shape index (κ2) is 29.5. The van der Waals surface area contributed by atoms with Crippen molar-refractivity contribution in [2.75, 3.05) is 67.9 Å². The summed E-state index contributed by atoms with van der Waals surface area (Å²) in [5, 5.41) is 32.8. The number of ether oxygens (including phenoxy) is 5. The Morgan fingerprint density at radius 2 is 0.798 bits per heavy atom. The van der Waals surface area contributed by atoms with Crippen LogP contribution in [0.5, 0.6) is 34.5 Å². The Balaban J connectivity index is 0.000000190. The van der Waals surface area contributed by atoms with E-state index in [2.05, 4.69) is 9.80 Å². The summed E-state index contributed by atoms with van der Waals surface area (Å²) in [6.45, 7) is 16.1. The van der Waals surface area contributed by atoms with E-state index in [0.29, 0.717) is 67.2 Å². The molecule has 2 aliphatic heterocycles. The van der Waals surface area contributed by atoms with Crippen LogP contribution in [0.1, 0.15) is 41.5 Å². The number of nitrogen functional groups attached to an aromatic ring is 1. The standard InChI is InChI=1S/C21H25N3O5.C21H27N3O3.C12H8ClNO3.C6H3ClFNO2/c1-21(2,3)29-20(25)23-13-11-22(12-14-23)16-9-10-18(24(26)27)19(15-16)28-17-7-5-4-6-8-17;1-21(2,3)27-20(25)24-13-11-23(12-14-24)16-9-10-18(22)19(15-16)26-17-7-5-4-6-8-17;13-9-6-7-11(14(15)16)12(8-9)17-10-4-2-1-3-5-10;7-4-1-2-6(9(10)11)5(8)3-4/h4-10,15H,11-14H2,1-3H3;4-10,15H,11-14,22H2,1-3H3;1-8H;1-3H. The molecule has 9 rings (SSSR count). The Kier molecular flexibility index (Phi) is 22.4.